The maximum absolute atomic E-state index is 13.2. The van der Waals surface area contributed by atoms with Gasteiger partial charge in [0, 0.05) is 38.1 Å². The fourth-order valence-corrected chi connectivity index (χ4v) is 3.37. The average Bonchev–Trinajstić information content (AvgIpc) is 3.26. The minimum atomic E-state index is -0.233. The van der Waals surface area contributed by atoms with Crippen LogP contribution in [-0.4, -0.2) is 60.9 Å². The van der Waals surface area contributed by atoms with Gasteiger partial charge in [-0.1, -0.05) is 26.0 Å². The molecule has 1 N–H and O–H groups in total. The van der Waals surface area contributed by atoms with Crippen LogP contribution in [0.2, 0.25) is 0 Å². The normalized spacial score (nSPS) is 15.5. The summed E-state index contributed by atoms with van der Waals surface area (Å²) in [5.74, 6) is 0.908. The summed E-state index contributed by atoms with van der Waals surface area (Å²) in [6, 6.07) is 10.0. The zero-order valence-corrected chi connectivity index (χ0v) is 17.3. The fraction of sp³-hybridized carbons (Fsp3) is 0.455. The van der Waals surface area contributed by atoms with Crippen LogP contribution in [0.3, 0.4) is 0 Å². The first-order valence-corrected chi connectivity index (χ1v) is 10.0. The third kappa shape index (κ3) is 5.16. The zero-order chi connectivity index (χ0) is 20.9. The van der Waals surface area contributed by atoms with Crippen LogP contribution < -0.4 is 5.32 Å². The molecule has 1 saturated heterocycles. The van der Waals surface area contributed by atoms with Crippen molar-refractivity contribution < 1.29 is 13.6 Å². The lowest BCUT2D eigenvalue weighted by Gasteiger charge is -2.36. The third-order valence-corrected chi connectivity index (χ3v) is 5.18. The van der Waals surface area contributed by atoms with Crippen LogP contribution in [0.5, 0.6) is 0 Å². The highest BCUT2D eigenvalue weighted by molar-refractivity contribution is 5.91. The Morgan fingerprint density at radius 3 is 2.38 bits per heavy atom. The predicted molar refractivity (Wildman–Crippen MR) is 112 cm³/mol. The van der Waals surface area contributed by atoms with Crippen molar-refractivity contribution in [1.29, 1.82) is 0 Å². The maximum Gasteiger partial charge on any atom is 0.289 e. The number of hydrogen-bond acceptors (Lipinski definition) is 3. The number of carbonyl (C=O) groups is 1. The molecule has 3 rings (SSSR count). The lowest BCUT2D eigenvalue weighted by atomic mass is 9.85. The van der Waals surface area contributed by atoms with Gasteiger partial charge >= 0.3 is 0 Å². The number of guanidine groups is 1. The Bertz CT molecular complexity index is 823. The van der Waals surface area contributed by atoms with E-state index in [0.29, 0.717) is 38.5 Å². The number of aliphatic imine (C=N–C) groups is 1. The molecule has 0 atom stereocenters. The molecule has 2 aromatic rings. The SMILES string of the molecule is CCNC(=NCC(C)(C)c1ccc(F)cc1)N1CCN(C(=O)c2ccco2)CC1. The Labute approximate surface area is 171 Å². The van der Waals surface area contributed by atoms with Gasteiger partial charge in [-0.05, 0) is 36.8 Å². The van der Waals surface area contributed by atoms with Crippen molar-refractivity contribution in [1.82, 2.24) is 15.1 Å². The number of halogens is 1. The van der Waals surface area contributed by atoms with Crippen molar-refractivity contribution >= 4 is 11.9 Å². The molecule has 1 aliphatic rings. The van der Waals surface area contributed by atoms with E-state index < -0.39 is 0 Å². The van der Waals surface area contributed by atoms with E-state index in [9.17, 15) is 9.18 Å². The number of furan rings is 1. The van der Waals surface area contributed by atoms with Crippen molar-refractivity contribution in [3.05, 3.63) is 59.8 Å². The molecule has 1 aromatic heterocycles. The minimum absolute atomic E-state index is 0.0750. The second-order valence-corrected chi connectivity index (χ2v) is 7.82. The molecular weight excluding hydrogens is 371 g/mol. The van der Waals surface area contributed by atoms with Gasteiger partial charge in [-0.15, -0.1) is 0 Å². The molecule has 1 aromatic carbocycles. The first-order chi connectivity index (χ1) is 13.9. The van der Waals surface area contributed by atoms with Gasteiger partial charge in [0.05, 0.1) is 12.8 Å². The number of rotatable bonds is 5. The summed E-state index contributed by atoms with van der Waals surface area (Å²) in [6.07, 6.45) is 1.52. The topological polar surface area (TPSA) is 61.1 Å². The van der Waals surface area contributed by atoms with Gasteiger partial charge < -0.3 is 19.5 Å². The maximum atomic E-state index is 13.2. The van der Waals surface area contributed by atoms with E-state index in [1.807, 2.05) is 19.1 Å². The Balaban J connectivity index is 1.63. The van der Waals surface area contributed by atoms with Gasteiger partial charge in [-0.3, -0.25) is 9.79 Å². The van der Waals surface area contributed by atoms with E-state index in [4.69, 9.17) is 9.41 Å². The number of amides is 1. The molecule has 0 bridgehead atoms. The quantitative estimate of drug-likeness (QED) is 0.619. The van der Waals surface area contributed by atoms with E-state index >= 15 is 0 Å². The molecular formula is C22H29FN4O2. The molecule has 1 fully saturated rings. The van der Waals surface area contributed by atoms with Gasteiger partial charge in [0.1, 0.15) is 5.82 Å². The van der Waals surface area contributed by atoms with Crippen molar-refractivity contribution in [3.63, 3.8) is 0 Å². The van der Waals surface area contributed by atoms with Gasteiger partial charge in [-0.25, -0.2) is 4.39 Å². The smallest absolute Gasteiger partial charge is 0.289 e. The Hall–Kier alpha value is -2.83. The molecule has 7 heteroatoms. The highest BCUT2D eigenvalue weighted by Crippen LogP contribution is 2.24. The first-order valence-electron chi connectivity index (χ1n) is 10.0. The fourth-order valence-electron chi connectivity index (χ4n) is 3.37. The molecule has 0 spiro atoms. The number of hydrogen-bond donors (Lipinski definition) is 1. The van der Waals surface area contributed by atoms with Crippen molar-refractivity contribution in [2.45, 2.75) is 26.2 Å². The molecule has 0 unspecified atom stereocenters. The van der Waals surface area contributed by atoms with Gasteiger partial charge in [0.2, 0.25) is 0 Å². The van der Waals surface area contributed by atoms with Gasteiger partial charge in [0.25, 0.3) is 5.91 Å². The van der Waals surface area contributed by atoms with Crippen LogP contribution in [0.25, 0.3) is 0 Å². The summed E-state index contributed by atoms with van der Waals surface area (Å²) >= 11 is 0. The highest BCUT2D eigenvalue weighted by atomic mass is 19.1. The molecule has 1 amide bonds. The Morgan fingerprint density at radius 1 is 1.14 bits per heavy atom. The molecule has 0 radical (unpaired) electrons. The third-order valence-electron chi connectivity index (χ3n) is 5.18. The molecule has 1 aliphatic heterocycles. The first kappa shape index (κ1) is 20.9. The van der Waals surface area contributed by atoms with Gasteiger partial charge in [-0.2, -0.15) is 0 Å². The zero-order valence-electron chi connectivity index (χ0n) is 17.3. The molecule has 2 heterocycles. The van der Waals surface area contributed by atoms with Crippen molar-refractivity contribution in [3.8, 4) is 0 Å². The summed E-state index contributed by atoms with van der Waals surface area (Å²) in [4.78, 5) is 21.3. The lowest BCUT2D eigenvalue weighted by molar-refractivity contribution is 0.0657. The highest BCUT2D eigenvalue weighted by Gasteiger charge is 2.26. The average molecular weight is 400 g/mol. The van der Waals surface area contributed by atoms with Crippen LogP contribution >= 0.6 is 0 Å². The Kier molecular flexibility index (Phi) is 6.56. The predicted octanol–water partition coefficient (Wildman–Crippen LogP) is 3.12. The largest absolute Gasteiger partial charge is 0.459 e. The van der Waals surface area contributed by atoms with Crippen molar-refractivity contribution in [2.75, 3.05) is 39.3 Å². The van der Waals surface area contributed by atoms with E-state index in [0.717, 1.165) is 18.1 Å². The number of nitrogens with one attached hydrogen (secondary N) is 1. The summed E-state index contributed by atoms with van der Waals surface area (Å²) in [6.45, 7) is 10.2. The molecule has 6 nitrogen and oxygen atoms in total. The van der Waals surface area contributed by atoms with Crippen LogP contribution in [0, 0.1) is 5.82 Å². The van der Waals surface area contributed by atoms with E-state index in [1.54, 1.807) is 17.0 Å². The van der Waals surface area contributed by atoms with Crippen LogP contribution in [0.1, 0.15) is 36.9 Å². The summed E-state index contributed by atoms with van der Waals surface area (Å²) in [5.41, 5.74) is 0.832. The standard InChI is InChI=1S/C22H29FN4O2/c1-4-24-21(25-16-22(2,3)17-7-9-18(23)10-8-17)27-13-11-26(12-14-27)20(28)19-6-5-15-29-19/h5-10,15H,4,11-14,16H2,1-3H3,(H,24,25). The number of benzene rings is 1. The van der Waals surface area contributed by atoms with Crippen molar-refractivity contribution in [2.24, 2.45) is 4.99 Å². The van der Waals surface area contributed by atoms with E-state index in [-0.39, 0.29) is 17.1 Å². The van der Waals surface area contributed by atoms with E-state index in [1.165, 1.54) is 18.4 Å². The second kappa shape index (κ2) is 9.11. The molecule has 29 heavy (non-hydrogen) atoms. The summed E-state index contributed by atoms with van der Waals surface area (Å²) in [7, 11) is 0. The molecule has 0 aliphatic carbocycles. The number of nitrogens with zero attached hydrogens (tertiary/aromatic N) is 3. The minimum Gasteiger partial charge on any atom is -0.459 e. The lowest BCUT2D eigenvalue weighted by Crippen LogP contribution is -2.54. The van der Waals surface area contributed by atoms with Gasteiger partial charge in [0.15, 0.2) is 11.7 Å². The molecule has 156 valence electrons. The number of piperazine rings is 1. The Morgan fingerprint density at radius 2 is 1.79 bits per heavy atom. The summed E-state index contributed by atoms with van der Waals surface area (Å²) in [5, 5.41) is 3.35. The van der Waals surface area contributed by atoms with Crippen LogP contribution in [0.15, 0.2) is 52.1 Å². The van der Waals surface area contributed by atoms with E-state index in [2.05, 4.69) is 24.1 Å². The second-order valence-electron chi connectivity index (χ2n) is 7.82. The number of carbonyl (C=O) groups excluding carboxylic acids is 1. The summed E-state index contributed by atoms with van der Waals surface area (Å²) < 4.78 is 18.5. The molecule has 0 saturated carbocycles. The van der Waals surface area contributed by atoms with Crippen LogP contribution in [0.4, 0.5) is 4.39 Å². The monoisotopic (exact) mass is 400 g/mol. The van der Waals surface area contributed by atoms with Crippen LogP contribution in [-0.2, 0) is 5.41 Å².